The van der Waals surface area contributed by atoms with E-state index in [2.05, 4.69) is 31.3 Å². The van der Waals surface area contributed by atoms with E-state index in [1.54, 1.807) is 30.2 Å². The molecule has 0 aliphatic carbocycles. The van der Waals surface area contributed by atoms with Gasteiger partial charge in [0.25, 0.3) is 0 Å². The number of hydrogen-bond acceptors (Lipinski definition) is 5. The lowest BCUT2D eigenvalue weighted by Crippen LogP contribution is -2.07. The molecule has 0 fully saturated rings. The molecule has 6 nitrogen and oxygen atoms in total. The number of anilines is 1. The normalized spacial score (nSPS) is 10.8. The van der Waals surface area contributed by atoms with Crippen LogP contribution in [-0.2, 0) is 6.54 Å². The first-order valence-corrected chi connectivity index (χ1v) is 8.86. The molecule has 0 atom stereocenters. The molecule has 0 amide bonds. The molecule has 3 aromatic heterocycles. The van der Waals surface area contributed by atoms with Gasteiger partial charge in [0.1, 0.15) is 11.6 Å². The van der Waals surface area contributed by atoms with Crippen LogP contribution in [0.4, 0.5) is 5.82 Å². The van der Waals surface area contributed by atoms with Crippen molar-refractivity contribution < 1.29 is 4.74 Å². The van der Waals surface area contributed by atoms with E-state index in [1.807, 2.05) is 42.5 Å². The van der Waals surface area contributed by atoms with E-state index in [4.69, 9.17) is 9.72 Å². The zero-order valence-electron chi connectivity index (χ0n) is 14.1. The summed E-state index contributed by atoms with van der Waals surface area (Å²) in [5.41, 5.74) is 3.62. The Bertz CT molecular complexity index is 1050. The maximum Gasteiger partial charge on any atom is 0.172 e. The second kappa shape index (κ2) is 7.13. The molecule has 1 N–H and O–H groups in total. The number of fused-ring (bicyclic) bond motifs is 1. The van der Waals surface area contributed by atoms with E-state index in [-0.39, 0.29) is 0 Å². The second-order valence-corrected chi connectivity index (χ2v) is 6.52. The minimum absolute atomic E-state index is 0.657. The summed E-state index contributed by atoms with van der Waals surface area (Å²) < 4.78 is 8.11. The lowest BCUT2D eigenvalue weighted by Gasteiger charge is -2.12. The molecule has 1 aromatic carbocycles. The van der Waals surface area contributed by atoms with Crippen molar-refractivity contribution in [1.82, 2.24) is 19.6 Å². The minimum atomic E-state index is 0.657. The number of aromatic nitrogens is 4. The number of ether oxygens (including phenoxy) is 1. The van der Waals surface area contributed by atoms with Crippen molar-refractivity contribution in [2.75, 3.05) is 12.4 Å². The number of para-hydroxylation sites is 1. The fourth-order valence-electron chi connectivity index (χ4n) is 2.75. The number of hydrogen-bond donors (Lipinski definition) is 1. The predicted molar refractivity (Wildman–Crippen MR) is 104 cm³/mol. The zero-order valence-corrected chi connectivity index (χ0v) is 15.6. The molecule has 3 heterocycles. The van der Waals surface area contributed by atoms with Gasteiger partial charge in [-0.2, -0.15) is 9.61 Å². The summed E-state index contributed by atoms with van der Waals surface area (Å²) >= 11 is 3.53. The molecule has 0 saturated heterocycles. The summed E-state index contributed by atoms with van der Waals surface area (Å²) in [4.78, 5) is 8.80. The van der Waals surface area contributed by atoms with Gasteiger partial charge >= 0.3 is 0 Å². The number of methoxy groups -OCH3 is 1. The van der Waals surface area contributed by atoms with Gasteiger partial charge in [-0.3, -0.25) is 4.98 Å². The largest absolute Gasteiger partial charge is 0.496 e. The minimum Gasteiger partial charge on any atom is -0.496 e. The van der Waals surface area contributed by atoms with Crippen molar-refractivity contribution in [3.05, 3.63) is 71.1 Å². The SMILES string of the molecule is COc1ccccc1-c1cc(NCc2ccncc2)n2ncc(Br)c2n1. The quantitative estimate of drug-likeness (QED) is 0.535. The molecule has 0 unspecified atom stereocenters. The Balaban J connectivity index is 1.79. The van der Waals surface area contributed by atoms with Crippen LogP contribution in [0, 0.1) is 0 Å². The molecule has 4 aromatic rings. The fourth-order valence-corrected chi connectivity index (χ4v) is 3.10. The maximum absolute atomic E-state index is 5.49. The maximum atomic E-state index is 5.49. The Morgan fingerprint density at radius 3 is 2.77 bits per heavy atom. The highest BCUT2D eigenvalue weighted by Gasteiger charge is 2.14. The Kier molecular flexibility index (Phi) is 4.53. The van der Waals surface area contributed by atoms with E-state index in [0.717, 1.165) is 38.5 Å². The van der Waals surface area contributed by atoms with Crippen molar-refractivity contribution in [3.8, 4) is 17.0 Å². The number of rotatable bonds is 5. The summed E-state index contributed by atoms with van der Waals surface area (Å²) in [5, 5.41) is 7.84. The first-order chi connectivity index (χ1) is 12.8. The summed E-state index contributed by atoms with van der Waals surface area (Å²) in [6.45, 7) is 0.657. The molecular formula is C19H16BrN5O. The van der Waals surface area contributed by atoms with Crippen molar-refractivity contribution >= 4 is 27.4 Å². The third-order valence-corrected chi connectivity index (χ3v) is 4.59. The van der Waals surface area contributed by atoms with Gasteiger partial charge in [-0.1, -0.05) is 12.1 Å². The van der Waals surface area contributed by atoms with E-state index >= 15 is 0 Å². The van der Waals surface area contributed by atoms with Gasteiger partial charge in [0.05, 0.1) is 23.5 Å². The van der Waals surface area contributed by atoms with Gasteiger partial charge in [-0.25, -0.2) is 4.98 Å². The third kappa shape index (κ3) is 3.13. The Morgan fingerprint density at radius 1 is 1.15 bits per heavy atom. The molecular weight excluding hydrogens is 394 g/mol. The van der Waals surface area contributed by atoms with Crippen LogP contribution in [0.5, 0.6) is 5.75 Å². The van der Waals surface area contributed by atoms with Crippen molar-refractivity contribution in [1.29, 1.82) is 0 Å². The molecule has 7 heteroatoms. The lowest BCUT2D eigenvalue weighted by atomic mass is 10.1. The zero-order chi connectivity index (χ0) is 17.9. The Hall–Kier alpha value is -2.93. The second-order valence-electron chi connectivity index (χ2n) is 5.66. The highest BCUT2D eigenvalue weighted by Crippen LogP contribution is 2.31. The molecule has 26 heavy (non-hydrogen) atoms. The monoisotopic (exact) mass is 409 g/mol. The molecule has 4 rings (SSSR count). The van der Waals surface area contributed by atoms with Crippen molar-refractivity contribution in [3.63, 3.8) is 0 Å². The molecule has 0 saturated carbocycles. The van der Waals surface area contributed by atoms with E-state index in [9.17, 15) is 0 Å². The number of nitrogens with one attached hydrogen (secondary N) is 1. The molecule has 0 bridgehead atoms. The summed E-state index contributed by atoms with van der Waals surface area (Å²) in [6, 6.07) is 13.8. The van der Waals surface area contributed by atoms with E-state index < -0.39 is 0 Å². The number of benzene rings is 1. The highest BCUT2D eigenvalue weighted by atomic mass is 79.9. The third-order valence-electron chi connectivity index (χ3n) is 4.03. The van der Waals surface area contributed by atoms with Crippen LogP contribution in [0.3, 0.4) is 0 Å². The number of halogens is 1. The number of pyridine rings is 1. The fraction of sp³-hybridized carbons (Fsp3) is 0.105. The Labute approximate surface area is 159 Å². The van der Waals surface area contributed by atoms with Crippen LogP contribution < -0.4 is 10.1 Å². The lowest BCUT2D eigenvalue weighted by molar-refractivity contribution is 0.416. The van der Waals surface area contributed by atoms with Crippen LogP contribution in [0.1, 0.15) is 5.56 Å². The highest BCUT2D eigenvalue weighted by molar-refractivity contribution is 9.10. The van der Waals surface area contributed by atoms with Crippen molar-refractivity contribution in [2.45, 2.75) is 6.54 Å². The first-order valence-electron chi connectivity index (χ1n) is 8.06. The van der Waals surface area contributed by atoms with Gasteiger partial charge in [-0.05, 0) is 45.8 Å². The molecule has 0 aliphatic rings. The van der Waals surface area contributed by atoms with Crippen LogP contribution in [-0.4, -0.2) is 26.7 Å². The molecule has 0 aliphatic heterocycles. The van der Waals surface area contributed by atoms with Gasteiger partial charge in [0, 0.05) is 30.6 Å². The first kappa shape index (κ1) is 16.5. The summed E-state index contributed by atoms with van der Waals surface area (Å²) in [5.74, 6) is 1.62. The van der Waals surface area contributed by atoms with Crippen LogP contribution in [0.15, 0.2) is 65.5 Å². The number of nitrogens with zero attached hydrogens (tertiary/aromatic N) is 4. The summed E-state index contributed by atoms with van der Waals surface area (Å²) in [7, 11) is 1.66. The summed E-state index contributed by atoms with van der Waals surface area (Å²) in [6.07, 6.45) is 5.31. The smallest absolute Gasteiger partial charge is 0.172 e. The van der Waals surface area contributed by atoms with E-state index in [1.165, 1.54) is 0 Å². The predicted octanol–water partition coefficient (Wildman–Crippen LogP) is 4.17. The molecule has 0 radical (unpaired) electrons. The van der Waals surface area contributed by atoms with Crippen molar-refractivity contribution in [2.24, 2.45) is 0 Å². The van der Waals surface area contributed by atoms with Gasteiger partial charge in [0.2, 0.25) is 0 Å². The van der Waals surface area contributed by atoms with Crippen LogP contribution >= 0.6 is 15.9 Å². The topological polar surface area (TPSA) is 64.3 Å². The average molecular weight is 410 g/mol. The average Bonchev–Trinajstić information content (AvgIpc) is 3.08. The van der Waals surface area contributed by atoms with Gasteiger partial charge in [0.15, 0.2) is 5.65 Å². The van der Waals surface area contributed by atoms with Gasteiger partial charge < -0.3 is 10.1 Å². The van der Waals surface area contributed by atoms with Crippen LogP contribution in [0.2, 0.25) is 0 Å². The van der Waals surface area contributed by atoms with Gasteiger partial charge in [-0.15, -0.1) is 0 Å². The molecule has 130 valence electrons. The molecule has 0 spiro atoms. The van der Waals surface area contributed by atoms with E-state index in [0.29, 0.717) is 6.54 Å². The Morgan fingerprint density at radius 2 is 1.96 bits per heavy atom. The standard InChI is InChI=1S/C19H16BrN5O/c1-26-17-5-3-2-4-14(17)16-10-18(22-11-13-6-8-21-9-7-13)25-19(24-16)15(20)12-23-25/h2-10,12,22H,11H2,1H3. The van der Waals surface area contributed by atoms with Crippen LogP contribution in [0.25, 0.3) is 16.9 Å².